The summed E-state index contributed by atoms with van der Waals surface area (Å²) in [7, 11) is 1.31. The van der Waals surface area contributed by atoms with Gasteiger partial charge in [0.05, 0.1) is 12.7 Å². The summed E-state index contributed by atoms with van der Waals surface area (Å²) < 4.78 is 4.52. The van der Waals surface area contributed by atoms with Crippen molar-refractivity contribution in [3.05, 3.63) is 41.5 Å². The first-order valence-electron chi connectivity index (χ1n) is 4.23. The third-order valence-corrected chi connectivity index (χ3v) is 1.75. The van der Waals surface area contributed by atoms with E-state index in [1.54, 1.807) is 24.3 Å². The molecule has 1 N–H and O–H groups in total. The maximum atomic E-state index is 11.1. The Morgan fingerprint density at radius 2 is 1.81 bits per heavy atom. The van der Waals surface area contributed by atoms with Gasteiger partial charge in [-0.25, -0.2) is 9.59 Å². The summed E-state index contributed by atoms with van der Waals surface area (Å²) in [6.07, 6.45) is 2.48. The van der Waals surface area contributed by atoms with Crippen LogP contribution in [-0.4, -0.2) is 24.2 Å². The van der Waals surface area contributed by atoms with Gasteiger partial charge in [0.1, 0.15) is 0 Å². The first-order valence-corrected chi connectivity index (χ1v) is 4.23. The largest absolute Gasteiger partial charge is 0.478 e. The number of aliphatic carboxylic acids is 1. The summed E-state index contributed by atoms with van der Waals surface area (Å²) in [5, 5.41) is 8.39. The van der Waals surface area contributed by atoms with Crippen LogP contribution in [0.2, 0.25) is 0 Å². The first-order chi connectivity index (χ1) is 7.13. The Labute approximate surface area is 94.2 Å². The molecule has 4 heteroatoms. The highest BCUT2D eigenvalue weighted by Gasteiger charge is 2.02. The van der Waals surface area contributed by atoms with Gasteiger partial charge in [0.2, 0.25) is 0 Å². The number of carboxylic acid groups (broad SMARTS) is 1. The fourth-order valence-electron chi connectivity index (χ4n) is 1.02. The fourth-order valence-corrected chi connectivity index (χ4v) is 1.02. The van der Waals surface area contributed by atoms with Crippen LogP contribution in [0.15, 0.2) is 30.3 Å². The molecule has 0 radical (unpaired) electrons. The minimum atomic E-state index is -1.01. The maximum absolute atomic E-state index is 11.1. The smallest absolute Gasteiger partial charge is 0.337 e. The van der Waals surface area contributed by atoms with E-state index in [1.165, 1.54) is 13.2 Å². The zero-order valence-electron chi connectivity index (χ0n) is 8.14. The number of benzene rings is 1. The van der Waals surface area contributed by atoms with Gasteiger partial charge in [-0.1, -0.05) is 19.6 Å². The normalized spacial score (nSPS) is 9.56. The second-order valence-corrected chi connectivity index (χ2v) is 2.79. The first kappa shape index (κ1) is 13.9. The molecule has 86 valence electrons. The predicted octanol–water partition coefficient (Wildman–Crippen LogP) is 2.21. The van der Waals surface area contributed by atoms with Crippen molar-refractivity contribution in [3.8, 4) is 0 Å². The minimum Gasteiger partial charge on any atom is -0.478 e. The van der Waals surface area contributed by atoms with Crippen LogP contribution in [-0.2, 0) is 9.53 Å². The molecule has 1 aromatic rings. The average molecular weight is 222 g/mol. The Morgan fingerprint density at radius 1 is 1.25 bits per heavy atom. The predicted molar refractivity (Wildman–Crippen MR) is 61.2 cm³/mol. The van der Waals surface area contributed by atoms with E-state index in [0.29, 0.717) is 11.1 Å². The van der Waals surface area contributed by atoms with Crippen molar-refractivity contribution >= 4 is 18.0 Å². The van der Waals surface area contributed by atoms with E-state index in [-0.39, 0.29) is 7.43 Å². The summed E-state index contributed by atoms with van der Waals surface area (Å²) >= 11 is 0. The third kappa shape index (κ3) is 3.96. The molecule has 0 unspecified atom stereocenters. The lowest BCUT2D eigenvalue weighted by Gasteiger charge is -1.98. The van der Waals surface area contributed by atoms with Crippen molar-refractivity contribution < 1.29 is 19.4 Å². The van der Waals surface area contributed by atoms with Crippen LogP contribution in [0, 0.1) is 0 Å². The van der Waals surface area contributed by atoms with Crippen LogP contribution in [0.1, 0.15) is 23.3 Å². The molecule has 0 saturated carbocycles. The monoisotopic (exact) mass is 222 g/mol. The SMILES string of the molecule is C.COC(=O)c1ccc(C=CC(=O)O)cc1. The molecule has 0 atom stereocenters. The highest BCUT2D eigenvalue weighted by molar-refractivity contribution is 5.90. The fraction of sp³-hybridized carbons (Fsp3) is 0.167. The molecule has 0 saturated heterocycles. The van der Waals surface area contributed by atoms with Crippen LogP contribution in [0.3, 0.4) is 0 Å². The van der Waals surface area contributed by atoms with Crippen molar-refractivity contribution in [1.82, 2.24) is 0 Å². The molecule has 0 aromatic heterocycles. The Kier molecular flexibility index (Phi) is 5.56. The van der Waals surface area contributed by atoms with E-state index in [2.05, 4.69) is 4.74 Å². The molecule has 0 aliphatic carbocycles. The van der Waals surface area contributed by atoms with Crippen LogP contribution in [0.5, 0.6) is 0 Å². The molecule has 1 aromatic carbocycles. The average Bonchev–Trinajstić information content (AvgIpc) is 2.26. The summed E-state index contributed by atoms with van der Waals surface area (Å²) in [6.45, 7) is 0. The lowest BCUT2D eigenvalue weighted by Crippen LogP contribution is -2.00. The summed E-state index contributed by atoms with van der Waals surface area (Å²) in [5.41, 5.74) is 1.15. The van der Waals surface area contributed by atoms with Gasteiger partial charge >= 0.3 is 11.9 Å². The molecule has 0 aliphatic rings. The number of esters is 1. The molecule has 0 bridgehead atoms. The standard InChI is InChI=1S/C11H10O4.CH4/c1-15-11(14)9-5-2-8(3-6-9)4-7-10(12)13;/h2-7H,1H3,(H,12,13);1H4. The van der Waals surface area contributed by atoms with Gasteiger partial charge in [-0.3, -0.25) is 0 Å². The number of carbonyl (C=O) groups is 2. The van der Waals surface area contributed by atoms with Crippen molar-refractivity contribution in [2.24, 2.45) is 0 Å². The molecule has 1 rings (SSSR count). The number of rotatable bonds is 3. The van der Waals surface area contributed by atoms with Crippen LogP contribution < -0.4 is 0 Å². The number of hydrogen-bond acceptors (Lipinski definition) is 3. The molecule has 0 spiro atoms. The van der Waals surface area contributed by atoms with Gasteiger partial charge in [0.25, 0.3) is 0 Å². The van der Waals surface area contributed by atoms with Gasteiger partial charge in [-0.2, -0.15) is 0 Å². The molecular formula is C12H14O4. The molecule has 16 heavy (non-hydrogen) atoms. The lowest BCUT2D eigenvalue weighted by atomic mass is 10.1. The Bertz CT molecular complexity index is 390. The number of carbonyl (C=O) groups excluding carboxylic acids is 1. The van der Waals surface area contributed by atoms with Gasteiger partial charge in [-0.05, 0) is 23.8 Å². The van der Waals surface area contributed by atoms with Crippen LogP contribution >= 0.6 is 0 Å². The topological polar surface area (TPSA) is 63.6 Å². The van der Waals surface area contributed by atoms with Gasteiger partial charge in [0.15, 0.2) is 0 Å². The van der Waals surface area contributed by atoms with Crippen molar-refractivity contribution in [2.45, 2.75) is 7.43 Å². The number of methoxy groups -OCH3 is 1. The van der Waals surface area contributed by atoms with Crippen LogP contribution in [0.4, 0.5) is 0 Å². The van der Waals surface area contributed by atoms with E-state index in [0.717, 1.165) is 6.08 Å². The molecule has 0 heterocycles. The van der Waals surface area contributed by atoms with Gasteiger partial charge < -0.3 is 9.84 Å². The number of hydrogen-bond donors (Lipinski definition) is 1. The van der Waals surface area contributed by atoms with Gasteiger partial charge in [-0.15, -0.1) is 0 Å². The third-order valence-electron chi connectivity index (χ3n) is 1.75. The second kappa shape index (κ2) is 6.40. The van der Waals surface area contributed by atoms with Crippen LogP contribution in [0.25, 0.3) is 6.08 Å². The highest BCUT2D eigenvalue weighted by atomic mass is 16.5. The molecule has 0 amide bonds. The summed E-state index contributed by atoms with van der Waals surface area (Å²) in [6, 6.07) is 6.44. The molecule has 4 nitrogen and oxygen atoms in total. The Balaban J connectivity index is 0.00000225. The molecule has 0 fully saturated rings. The highest BCUT2D eigenvalue weighted by Crippen LogP contribution is 2.07. The minimum absolute atomic E-state index is 0. The molecular weight excluding hydrogens is 208 g/mol. The van der Waals surface area contributed by atoms with Crippen molar-refractivity contribution in [3.63, 3.8) is 0 Å². The Morgan fingerprint density at radius 3 is 2.25 bits per heavy atom. The second-order valence-electron chi connectivity index (χ2n) is 2.79. The molecule has 0 aliphatic heterocycles. The summed E-state index contributed by atoms with van der Waals surface area (Å²) in [5.74, 6) is -1.42. The zero-order chi connectivity index (χ0) is 11.3. The van der Waals surface area contributed by atoms with Crippen molar-refractivity contribution in [2.75, 3.05) is 7.11 Å². The number of ether oxygens (including phenoxy) is 1. The van der Waals surface area contributed by atoms with E-state index >= 15 is 0 Å². The quantitative estimate of drug-likeness (QED) is 0.629. The van der Waals surface area contributed by atoms with Gasteiger partial charge in [0, 0.05) is 6.08 Å². The maximum Gasteiger partial charge on any atom is 0.337 e. The Hall–Kier alpha value is -2.10. The number of carboxylic acids is 1. The van der Waals surface area contributed by atoms with E-state index in [4.69, 9.17) is 5.11 Å². The van der Waals surface area contributed by atoms with E-state index in [9.17, 15) is 9.59 Å². The van der Waals surface area contributed by atoms with E-state index < -0.39 is 11.9 Å². The lowest BCUT2D eigenvalue weighted by molar-refractivity contribution is -0.131. The zero-order valence-corrected chi connectivity index (χ0v) is 8.14. The van der Waals surface area contributed by atoms with E-state index in [1.807, 2.05) is 0 Å². The summed E-state index contributed by atoms with van der Waals surface area (Å²) in [4.78, 5) is 21.3. The van der Waals surface area contributed by atoms with Crippen molar-refractivity contribution in [1.29, 1.82) is 0 Å².